The van der Waals surface area contributed by atoms with Gasteiger partial charge in [-0.15, -0.1) is 0 Å². The minimum Gasteiger partial charge on any atom is -0.393 e. The normalized spacial score (nSPS) is 45.1. The summed E-state index contributed by atoms with van der Waals surface area (Å²) in [7, 11) is 1.88. The number of fused-ring (bicyclic) bond motifs is 5. The van der Waals surface area contributed by atoms with Gasteiger partial charge in [0.1, 0.15) is 5.82 Å². The molecule has 5 rings (SSSR count). The summed E-state index contributed by atoms with van der Waals surface area (Å²) in [5, 5.41) is 11.3. The van der Waals surface area contributed by atoms with Gasteiger partial charge < -0.3 is 10.0 Å². The summed E-state index contributed by atoms with van der Waals surface area (Å²) in [4.78, 5) is 14.1. The number of halogens is 1. The van der Waals surface area contributed by atoms with Crippen LogP contribution in [-0.4, -0.2) is 35.1 Å². The number of likely N-dealkylation sites (N-methyl/N-ethyl adjacent to an activating group) is 1. The molecule has 1 N–H and O–H groups in total. The smallest absolute Gasteiger partial charge is 0.246 e. The number of nitrogens with zero attached hydrogens (tertiary/aromatic N) is 1. The number of amides is 1. The lowest BCUT2D eigenvalue weighted by Gasteiger charge is -2.61. The van der Waals surface area contributed by atoms with Crippen LogP contribution in [0, 0.1) is 40.3 Å². The molecule has 1 aromatic carbocycles. The summed E-state index contributed by atoms with van der Waals surface area (Å²) >= 11 is 0. The molecule has 0 saturated heterocycles. The fraction of sp³-hybridized carbons (Fsp3) is 0.654. The lowest BCUT2D eigenvalue weighted by molar-refractivity contribution is -0.154. The zero-order valence-electron chi connectivity index (χ0n) is 18.4. The van der Waals surface area contributed by atoms with Crippen molar-refractivity contribution in [3.8, 4) is 0 Å². The first-order valence-electron chi connectivity index (χ1n) is 11.6. The molecule has 0 spiro atoms. The van der Waals surface area contributed by atoms with Crippen LogP contribution in [0.1, 0.15) is 51.5 Å². The SMILES string of the molecule is CN1C(=O)C=C[C@@]2(C)C1CC(O)[C@@H]1[C@H]2CC[C@]2(C)CC(Cc3ccccc3F)C[C@@H]12. The third kappa shape index (κ3) is 2.90. The van der Waals surface area contributed by atoms with Crippen molar-refractivity contribution in [1.82, 2.24) is 4.90 Å². The standard InChI is InChI=1S/C26H34FNO2/c1-25-10-8-18-24(21(29)14-22-26(18,2)11-9-23(30)28(22)3)19(25)13-16(15-25)12-17-6-4-5-7-20(17)27/h4-7,9,11,16,18-19,21-22,24,29H,8,10,12-15H2,1-3H3/t16?,18-,19+,21?,22?,24-,25-,26-/m1/s1. The molecule has 0 bridgehead atoms. The van der Waals surface area contributed by atoms with E-state index in [4.69, 9.17) is 0 Å². The highest BCUT2D eigenvalue weighted by Gasteiger charge is 2.61. The number of benzene rings is 1. The van der Waals surface area contributed by atoms with Crippen LogP contribution in [-0.2, 0) is 11.2 Å². The van der Waals surface area contributed by atoms with Crippen LogP contribution >= 0.6 is 0 Å². The van der Waals surface area contributed by atoms with Gasteiger partial charge in [0.25, 0.3) is 0 Å². The minimum absolute atomic E-state index is 0.0505. The van der Waals surface area contributed by atoms with Crippen LogP contribution in [0.25, 0.3) is 0 Å². The average molecular weight is 412 g/mol. The van der Waals surface area contributed by atoms with E-state index in [1.165, 1.54) is 0 Å². The van der Waals surface area contributed by atoms with E-state index >= 15 is 0 Å². The Balaban J connectivity index is 1.43. The number of rotatable bonds is 2. The number of aliphatic hydroxyl groups excluding tert-OH is 1. The molecule has 4 aliphatic rings. The van der Waals surface area contributed by atoms with E-state index in [0.717, 1.165) is 37.7 Å². The van der Waals surface area contributed by atoms with Crippen LogP contribution in [0.3, 0.4) is 0 Å². The molecule has 3 aliphatic carbocycles. The molecule has 1 heterocycles. The quantitative estimate of drug-likeness (QED) is 0.773. The highest BCUT2D eigenvalue weighted by molar-refractivity contribution is 5.89. The van der Waals surface area contributed by atoms with Crippen LogP contribution in [0.2, 0.25) is 0 Å². The first-order chi connectivity index (χ1) is 14.2. The fourth-order valence-corrected chi connectivity index (χ4v) is 8.02. The maximum atomic E-state index is 14.3. The molecule has 8 atom stereocenters. The Bertz CT molecular complexity index is 884. The van der Waals surface area contributed by atoms with Gasteiger partial charge in [0, 0.05) is 18.5 Å². The third-order valence-corrected chi connectivity index (χ3v) is 9.49. The summed E-state index contributed by atoms with van der Waals surface area (Å²) < 4.78 is 14.3. The first-order valence-corrected chi connectivity index (χ1v) is 11.6. The van der Waals surface area contributed by atoms with Crippen molar-refractivity contribution in [3.63, 3.8) is 0 Å². The molecule has 3 fully saturated rings. The van der Waals surface area contributed by atoms with E-state index in [0.29, 0.717) is 24.2 Å². The molecular weight excluding hydrogens is 377 g/mol. The van der Waals surface area contributed by atoms with Gasteiger partial charge in [-0.2, -0.15) is 0 Å². The van der Waals surface area contributed by atoms with E-state index in [2.05, 4.69) is 19.9 Å². The monoisotopic (exact) mass is 411 g/mol. The highest BCUT2D eigenvalue weighted by atomic mass is 19.1. The summed E-state index contributed by atoms with van der Waals surface area (Å²) in [5.41, 5.74) is 0.978. The van der Waals surface area contributed by atoms with Crippen molar-refractivity contribution < 1.29 is 14.3 Å². The van der Waals surface area contributed by atoms with Gasteiger partial charge in [0.05, 0.1) is 6.10 Å². The Morgan fingerprint density at radius 2 is 1.97 bits per heavy atom. The summed E-state index contributed by atoms with van der Waals surface area (Å²) in [5.74, 6) is 1.56. The zero-order chi connectivity index (χ0) is 21.3. The minimum atomic E-state index is -0.369. The van der Waals surface area contributed by atoms with Gasteiger partial charge in [-0.05, 0) is 85.3 Å². The molecule has 3 unspecified atom stereocenters. The number of aliphatic hydroxyl groups is 1. The van der Waals surface area contributed by atoms with Gasteiger partial charge in [0.15, 0.2) is 0 Å². The molecule has 162 valence electrons. The molecule has 0 aromatic heterocycles. The number of carbonyl (C=O) groups is 1. The van der Waals surface area contributed by atoms with E-state index in [9.17, 15) is 14.3 Å². The Hall–Kier alpha value is -1.68. The maximum Gasteiger partial charge on any atom is 0.246 e. The number of hydrogen-bond donors (Lipinski definition) is 1. The lowest BCUT2D eigenvalue weighted by Crippen LogP contribution is -2.63. The second kappa shape index (κ2) is 6.91. The molecule has 1 aliphatic heterocycles. The van der Waals surface area contributed by atoms with Crippen LogP contribution in [0.5, 0.6) is 0 Å². The predicted molar refractivity (Wildman–Crippen MR) is 115 cm³/mol. The topological polar surface area (TPSA) is 40.5 Å². The van der Waals surface area contributed by atoms with E-state index < -0.39 is 0 Å². The van der Waals surface area contributed by atoms with Crippen molar-refractivity contribution in [2.24, 2.45) is 34.5 Å². The Morgan fingerprint density at radius 3 is 2.73 bits per heavy atom. The molecule has 1 aromatic rings. The highest BCUT2D eigenvalue weighted by Crippen LogP contribution is 2.65. The van der Waals surface area contributed by atoms with Gasteiger partial charge in [-0.1, -0.05) is 38.1 Å². The second-order valence-corrected chi connectivity index (χ2v) is 11.1. The summed E-state index contributed by atoms with van der Waals surface area (Å²) in [6.07, 6.45) is 9.43. The largest absolute Gasteiger partial charge is 0.393 e. The molecular formula is C26H34FNO2. The van der Waals surface area contributed by atoms with Crippen LogP contribution in [0.4, 0.5) is 4.39 Å². The van der Waals surface area contributed by atoms with Gasteiger partial charge in [0.2, 0.25) is 5.91 Å². The molecule has 30 heavy (non-hydrogen) atoms. The molecule has 1 amide bonds. The van der Waals surface area contributed by atoms with Crippen LogP contribution in [0.15, 0.2) is 36.4 Å². The Morgan fingerprint density at radius 1 is 1.20 bits per heavy atom. The first kappa shape index (κ1) is 20.2. The number of hydrogen-bond acceptors (Lipinski definition) is 2. The fourth-order valence-electron chi connectivity index (χ4n) is 8.02. The van der Waals surface area contributed by atoms with E-state index in [1.807, 2.05) is 24.1 Å². The summed E-state index contributed by atoms with van der Waals surface area (Å²) in [6.45, 7) is 4.71. The Kier molecular flexibility index (Phi) is 4.66. The average Bonchev–Trinajstić information content (AvgIpc) is 3.04. The van der Waals surface area contributed by atoms with E-state index in [-0.39, 0.29) is 40.6 Å². The Labute approximate surface area is 179 Å². The lowest BCUT2D eigenvalue weighted by atomic mass is 9.48. The van der Waals surface area contributed by atoms with Crippen molar-refractivity contribution >= 4 is 5.91 Å². The summed E-state index contributed by atoms with van der Waals surface area (Å²) in [6, 6.07) is 7.24. The van der Waals surface area contributed by atoms with Gasteiger partial charge >= 0.3 is 0 Å². The van der Waals surface area contributed by atoms with Crippen molar-refractivity contribution in [2.45, 2.75) is 64.5 Å². The van der Waals surface area contributed by atoms with Gasteiger partial charge in [-0.3, -0.25) is 4.79 Å². The molecule has 0 radical (unpaired) electrons. The second-order valence-electron chi connectivity index (χ2n) is 11.1. The number of carbonyl (C=O) groups excluding carboxylic acids is 1. The molecule has 3 saturated carbocycles. The third-order valence-electron chi connectivity index (χ3n) is 9.49. The predicted octanol–water partition coefficient (Wildman–Crippen LogP) is 4.59. The van der Waals surface area contributed by atoms with Crippen molar-refractivity contribution in [2.75, 3.05) is 7.05 Å². The van der Waals surface area contributed by atoms with E-state index in [1.54, 1.807) is 18.2 Å². The zero-order valence-corrected chi connectivity index (χ0v) is 18.4. The maximum absolute atomic E-state index is 14.3. The van der Waals surface area contributed by atoms with Crippen LogP contribution < -0.4 is 0 Å². The van der Waals surface area contributed by atoms with Crippen molar-refractivity contribution in [3.05, 3.63) is 47.8 Å². The molecule has 3 nitrogen and oxygen atoms in total. The van der Waals surface area contributed by atoms with Crippen molar-refractivity contribution in [1.29, 1.82) is 0 Å². The van der Waals surface area contributed by atoms with Gasteiger partial charge in [-0.25, -0.2) is 4.39 Å². The molecule has 4 heteroatoms.